The van der Waals surface area contributed by atoms with Crippen molar-refractivity contribution in [1.29, 1.82) is 0 Å². The van der Waals surface area contributed by atoms with E-state index in [0.717, 1.165) is 44.4 Å². The quantitative estimate of drug-likeness (QED) is 0.284. The number of rotatable bonds is 12. The Morgan fingerprint density at radius 3 is 1.75 bits per heavy atom. The molecule has 6 nitrogen and oxygen atoms in total. The lowest BCUT2D eigenvalue weighted by atomic mass is 9.95. The molecule has 28 heavy (non-hydrogen) atoms. The van der Waals surface area contributed by atoms with Gasteiger partial charge in [0.2, 0.25) is 0 Å². The first-order valence-corrected chi connectivity index (χ1v) is 11.0. The second-order valence-electron chi connectivity index (χ2n) is 8.57. The maximum absolute atomic E-state index is 12.0. The van der Waals surface area contributed by atoms with E-state index in [0.29, 0.717) is 32.0 Å². The lowest BCUT2D eigenvalue weighted by Gasteiger charge is -2.29. The maximum atomic E-state index is 12.0. The van der Waals surface area contributed by atoms with Gasteiger partial charge < -0.3 is 18.9 Å². The summed E-state index contributed by atoms with van der Waals surface area (Å²) in [7, 11) is 0. The molecular weight excluding hydrogens is 360 g/mol. The summed E-state index contributed by atoms with van der Waals surface area (Å²) < 4.78 is 21.1. The maximum Gasteiger partial charge on any atom is 0.508 e. The van der Waals surface area contributed by atoms with Gasteiger partial charge in [0.15, 0.2) is 0 Å². The molecule has 0 aliphatic heterocycles. The molecule has 0 aromatic rings. The monoisotopic (exact) mass is 400 g/mol. The van der Waals surface area contributed by atoms with Gasteiger partial charge in [0.1, 0.15) is 12.2 Å². The zero-order valence-electron chi connectivity index (χ0n) is 18.2. The van der Waals surface area contributed by atoms with E-state index in [-0.39, 0.29) is 0 Å². The predicted octanol–water partition coefficient (Wildman–Crippen LogP) is 6.26. The van der Waals surface area contributed by atoms with Gasteiger partial charge in [0, 0.05) is 0 Å². The van der Waals surface area contributed by atoms with E-state index in [9.17, 15) is 9.59 Å². The third-order valence-electron chi connectivity index (χ3n) is 4.95. The Morgan fingerprint density at radius 2 is 1.21 bits per heavy atom. The Balaban J connectivity index is 2.22. The van der Waals surface area contributed by atoms with Crippen molar-refractivity contribution in [3.05, 3.63) is 0 Å². The summed E-state index contributed by atoms with van der Waals surface area (Å²) in [5, 5.41) is 0. The standard InChI is InChI=1S/C22H40O6/c1-17(2)11-7-5-6-10-15-25-21(23)27-19-12-8-9-13-20(19)28-22(24)26-16-14-18(3)4/h17-20H,5-16H2,1-4H3. The van der Waals surface area contributed by atoms with Crippen molar-refractivity contribution in [2.24, 2.45) is 11.8 Å². The summed E-state index contributed by atoms with van der Waals surface area (Å²) in [5.41, 5.74) is 0. The fraction of sp³-hybridized carbons (Fsp3) is 0.909. The molecule has 0 amide bonds. The highest BCUT2D eigenvalue weighted by Gasteiger charge is 2.32. The van der Waals surface area contributed by atoms with Crippen LogP contribution in [0.3, 0.4) is 0 Å². The molecule has 0 radical (unpaired) electrons. The molecule has 6 heteroatoms. The Morgan fingerprint density at radius 1 is 0.714 bits per heavy atom. The lowest BCUT2D eigenvalue weighted by molar-refractivity contribution is -0.0715. The number of unbranched alkanes of at least 4 members (excludes halogenated alkanes) is 3. The highest BCUT2D eigenvalue weighted by molar-refractivity contribution is 5.61. The van der Waals surface area contributed by atoms with Gasteiger partial charge in [-0.05, 0) is 50.4 Å². The van der Waals surface area contributed by atoms with Crippen LogP contribution in [0.4, 0.5) is 9.59 Å². The second-order valence-corrected chi connectivity index (χ2v) is 8.57. The fourth-order valence-corrected chi connectivity index (χ4v) is 3.19. The van der Waals surface area contributed by atoms with E-state index in [2.05, 4.69) is 27.7 Å². The molecule has 0 bridgehead atoms. The van der Waals surface area contributed by atoms with Crippen molar-refractivity contribution in [1.82, 2.24) is 0 Å². The number of hydrogen-bond acceptors (Lipinski definition) is 6. The van der Waals surface area contributed by atoms with Gasteiger partial charge in [-0.1, -0.05) is 53.4 Å². The largest absolute Gasteiger partial charge is 0.508 e. The third kappa shape index (κ3) is 12.1. The van der Waals surface area contributed by atoms with Crippen molar-refractivity contribution in [2.45, 2.75) is 104 Å². The highest BCUT2D eigenvalue weighted by atomic mass is 16.8. The molecule has 0 saturated heterocycles. The van der Waals surface area contributed by atoms with Crippen LogP contribution >= 0.6 is 0 Å². The first-order chi connectivity index (χ1) is 13.4. The second kappa shape index (κ2) is 14.5. The van der Waals surface area contributed by atoms with Crippen LogP contribution < -0.4 is 0 Å². The van der Waals surface area contributed by atoms with Crippen molar-refractivity contribution in [2.75, 3.05) is 13.2 Å². The third-order valence-corrected chi connectivity index (χ3v) is 4.95. The topological polar surface area (TPSA) is 71.1 Å². The lowest BCUT2D eigenvalue weighted by Crippen LogP contribution is -2.38. The van der Waals surface area contributed by atoms with Gasteiger partial charge in [0.25, 0.3) is 0 Å². The van der Waals surface area contributed by atoms with Crippen LogP contribution in [0.25, 0.3) is 0 Å². The van der Waals surface area contributed by atoms with Gasteiger partial charge in [-0.15, -0.1) is 0 Å². The van der Waals surface area contributed by atoms with Gasteiger partial charge in [-0.25, -0.2) is 9.59 Å². The van der Waals surface area contributed by atoms with Crippen LogP contribution in [0.1, 0.15) is 91.9 Å². The first-order valence-electron chi connectivity index (χ1n) is 11.0. The summed E-state index contributed by atoms with van der Waals surface area (Å²) in [6.07, 6.45) is 7.28. The van der Waals surface area contributed by atoms with Gasteiger partial charge >= 0.3 is 12.3 Å². The number of carbonyl (C=O) groups excluding carboxylic acids is 2. The molecule has 0 aromatic carbocycles. The molecule has 0 heterocycles. The summed E-state index contributed by atoms with van der Waals surface area (Å²) in [4.78, 5) is 23.8. The van der Waals surface area contributed by atoms with E-state index < -0.39 is 24.5 Å². The normalized spacial score (nSPS) is 19.5. The SMILES string of the molecule is CC(C)CCCCCCOC(=O)OC1CCCCC1OC(=O)OCCC(C)C. The van der Waals surface area contributed by atoms with Crippen molar-refractivity contribution >= 4 is 12.3 Å². The zero-order chi connectivity index (χ0) is 20.8. The van der Waals surface area contributed by atoms with Crippen molar-refractivity contribution in [3.63, 3.8) is 0 Å². The van der Waals surface area contributed by atoms with Gasteiger partial charge in [0.05, 0.1) is 13.2 Å². The number of hydrogen-bond donors (Lipinski definition) is 0. The minimum Gasteiger partial charge on any atom is -0.434 e. The smallest absolute Gasteiger partial charge is 0.434 e. The molecule has 164 valence electrons. The zero-order valence-corrected chi connectivity index (χ0v) is 18.2. The summed E-state index contributed by atoms with van der Waals surface area (Å²) in [5.74, 6) is 1.20. The number of carbonyl (C=O) groups is 2. The minimum absolute atomic E-state index is 0.341. The average Bonchev–Trinajstić information content (AvgIpc) is 2.62. The molecule has 1 aliphatic rings. The Hall–Kier alpha value is -1.46. The summed E-state index contributed by atoms with van der Waals surface area (Å²) in [6, 6.07) is 0. The minimum atomic E-state index is -0.684. The Kier molecular flexibility index (Phi) is 12.8. The fourth-order valence-electron chi connectivity index (χ4n) is 3.19. The Labute approximate surface area is 170 Å². The van der Waals surface area contributed by atoms with E-state index >= 15 is 0 Å². The molecule has 2 atom stereocenters. The van der Waals surface area contributed by atoms with Crippen molar-refractivity contribution in [3.8, 4) is 0 Å². The molecule has 0 N–H and O–H groups in total. The number of ether oxygens (including phenoxy) is 4. The van der Waals surface area contributed by atoms with Crippen LogP contribution in [0.15, 0.2) is 0 Å². The molecule has 1 fully saturated rings. The van der Waals surface area contributed by atoms with E-state index in [1.807, 2.05) is 0 Å². The highest BCUT2D eigenvalue weighted by Crippen LogP contribution is 2.25. The van der Waals surface area contributed by atoms with Gasteiger partial charge in [-0.2, -0.15) is 0 Å². The predicted molar refractivity (Wildman–Crippen MR) is 108 cm³/mol. The molecule has 1 saturated carbocycles. The van der Waals surface area contributed by atoms with Crippen LogP contribution in [0.2, 0.25) is 0 Å². The molecule has 2 unspecified atom stereocenters. The summed E-state index contributed by atoms with van der Waals surface area (Å²) >= 11 is 0. The Bertz CT molecular complexity index is 435. The van der Waals surface area contributed by atoms with Crippen molar-refractivity contribution < 1.29 is 28.5 Å². The van der Waals surface area contributed by atoms with Crippen LogP contribution in [0.5, 0.6) is 0 Å². The van der Waals surface area contributed by atoms with E-state index in [1.165, 1.54) is 12.8 Å². The van der Waals surface area contributed by atoms with E-state index in [1.54, 1.807) is 0 Å². The van der Waals surface area contributed by atoms with Crippen LogP contribution in [-0.2, 0) is 18.9 Å². The molecule has 0 spiro atoms. The molecular formula is C22H40O6. The van der Waals surface area contributed by atoms with Crippen LogP contribution in [0, 0.1) is 11.8 Å². The first kappa shape index (κ1) is 24.6. The van der Waals surface area contributed by atoms with E-state index in [4.69, 9.17) is 18.9 Å². The van der Waals surface area contributed by atoms with Gasteiger partial charge in [-0.3, -0.25) is 0 Å². The summed E-state index contributed by atoms with van der Waals surface area (Å²) in [6.45, 7) is 9.30. The molecule has 1 rings (SSSR count). The molecule has 0 aromatic heterocycles. The van der Waals surface area contributed by atoms with Crippen LogP contribution in [-0.4, -0.2) is 37.7 Å². The molecule has 1 aliphatic carbocycles. The average molecular weight is 401 g/mol.